The molecule has 232 valence electrons. The van der Waals surface area contributed by atoms with Gasteiger partial charge >= 0.3 is 0 Å². The highest BCUT2D eigenvalue weighted by atomic mass is 19.2. The predicted molar refractivity (Wildman–Crippen MR) is 156 cm³/mol. The Morgan fingerprint density at radius 3 is 2.18 bits per heavy atom. The average Bonchev–Trinajstić information content (AvgIpc) is 3.61. The number of nitrogens with one attached hydrogen (secondary N) is 1. The van der Waals surface area contributed by atoms with Crippen LogP contribution in [0.4, 0.5) is 13.2 Å². The molecule has 3 atom stereocenters. The number of fused-ring (bicyclic) bond motifs is 1. The standard InChI is InChI=1S/C33H34F3N3O5/c1-19-13-29(43-3)30(44-18-21-7-5-4-6-8-21)17-23(19)32(41)38-11-9-28-27(38)10-12-39(28)33(42)26(37-20(2)40)16-22-14-24(34)31(36)25(35)15-22/h4-8,13-15,17,26-28H,9-12,16,18H2,1-3H3,(H,37,40)/t26-,27-,28+/m1/s1. The van der Waals surface area contributed by atoms with Crippen molar-refractivity contribution in [3.05, 3.63) is 94.3 Å². The Morgan fingerprint density at radius 2 is 1.55 bits per heavy atom. The van der Waals surface area contributed by atoms with Gasteiger partial charge in [0.05, 0.1) is 19.2 Å². The quantitative estimate of drug-likeness (QED) is 0.360. The summed E-state index contributed by atoms with van der Waals surface area (Å²) >= 11 is 0. The predicted octanol–water partition coefficient (Wildman–Crippen LogP) is 4.56. The minimum atomic E-state index is -1.60. The molecular formula is C33H34F3N3O5. The van der Waals surface area contributed by atoms with Crippen LogP contribution in [0.25, 0.3) is 0 Å². The second-order valence-electron chi connectivity index (χ2n) is 11.2. The smallest absolute Gasteiger partial charge is 0.254 e. The molecule has 2 aliphatic rings. The highest BCUT2D eigenvalue weighted by Gasteiger charge is 2.47. The number of halogens is 3. The van der Waals surface area contributed by atoms with E-state index < -0.39 is 35.3 Å². The van der Waals surface area contributed by atoms with E-state index in [4.69, 9.17) is 9.47 Å². The van der Waals surface area contributed by atoms with Crippen LogP contribution < -0.4 is 14.8 Å². The number of methoxy groups -OCH3 is 1. The number of benzene rings is 3. The van der Waals surface area contributed by atoms with E-state index in [1.165, 1.54) is 14.0 Å². The lowest BCUT2D eigenvalue weighted by Crippen LogP contribution is -2.51. The largest absolute Gasteiger partial charge is 0.493 e. The lowest BCUT2D eigenvalue weighted by atomic mass is 10.0. The van der Waals surface area contributed by atoms with E-state index in [1.54, 1.807) is 21.9 Å². The normalized spacial score (nSPS) is 18.1. The van der Waals surface area contributed by atoms with Gasteiger partial charge in [-0.15, -0.1) is 0 Å². The first kappa shape index (κ1) is 30.9. The third-order valence-electron chi connectivity index (χ3n) is 8.26. The van der Waals surface area contributed by atoms with Crippen LogP contribution in [0, 0.1) is 24.4 Å². The molecule has 0 bridgehead atoms. The van der Waals surface area contributed by atoms with Gasteiger partial charge in [-0.1, -0.05) is 30.3 Å². The van der Waals surface area contributed by atoms with E-state index in [9.17, 15) is 27.6 Å². The Balaban J connectivity index is 1.32. The van der Waals surface area contributed by atoms with Crippen LogP contribution in [0.2, 0.25) is 0 Å². The van der Waals surface area contributed by atoms with Crippen LogP contribution >= 0.6 is 0 Å². The topological polar surface area (TPSA) is 88.2 Å². The molecule has 2 aliphatic heterocycles. The number of aryl methyl sites for hydroxylation is 1. The Labute approximate surface area is 253 Å². The van der Waals surface area contributed by atoms with E-state index in [0.29, 0.717) is 49.6 Å². The van der Waals surface area contributed by atoms with Gasteiger partial charge in [0.25, 0.3) is 5.91 Å². The Bertz CT molecular complexity index is 1540. The number of ether oxygens (including phenoxy) is 2. The van der Waals surface area contributed by atoms with Crippen molar-refractivity contribution in [1.29, 1.82) is 0 Å². The molecule has 0 radical (unpaired) electrons. The molecule has 3 aromatic carbocycles. The number of likely N-dealkylation sites (tertiary alicyclic amines) is 2. The maximum absolute atomic E-state index is 13.9. The summed E-state index contributed by atoms with van der Waals surface area (Å²) in [4.78, 5) is 42.9. The third-order valence-corrected chi connectivity index (χ3v) is 8.26. The van der Waals surface area contributed by atoms with Crippen LogP contribution in [0.3, 0.4) is 0 Å². The zero-order valence-electron chi connectivity index (χ0n) is 24.7. The molecule has 3 aromatic rings. The van der Waals surface area contributed by atoms with Crippen molar-refractivity contribution in [2.45, 2.75) is 57.8 Å². The van der Waals surface area contributed by atoms with E-state index in [2.05, 4.69) is 5.32 Å². The van der Waals surface area contributed by atoms with Gasteiger partial charge in [-0.25, -0.2) is 13.2 Å². The number of rotatable bonds is 9. The lowest BCUT2D eigenvalue weighted by Gasteiger charge is -2.29. The van der Waals surface area contributed by atoms with Crippen molar-refractivity contribution in [3.63, 3.8) is 0 Å². The molecule has 8 nitrogen and oxygen atoms in total. The molecule has 0 aliphatic carbocycles. The second-order valence-corrected chi connectivity index (χ2v) is 11.2. The summed E-state index contributed by atoms with van der Waals surface area (Å²) in [6, 6.07) is 13.1. The Hall–Kier alpha value is -4.54. The first-order valence-electron chi connectivity index (χ1n) is 14.4. The fraction of sp³-hybridized carbons (Fsp3) is 0.364. The summed E-state index contributed by atoms with van der Waals surface area (Å²) in [5.74, 6) is -4.50. The molecule has 2 saturated heterocycles. The number of carbonyl (C=O) groups is 3. The molecule has 3 amide bonds. The molecule has 0 unspecified atom stereocenters. The number of nitrogens with zero attached hydrogens (tertiary/aromatic N) is 2. The number of carbonyl (C=O) groups excluding carboxylic acids is 3. The van der Waals surface area contributed by atoms with Crippen molar-refractivity contribution in [2.75, 3.05) is 20.2 Å². The van der Waals surface area contributed by atoms with Crippen LogP contribution in [0.1, 0.15) is 46.8 Å². The fourth-order valence-corrected chi connectivity index (χ4v) is 6.17. The average molecular weight is 610 g/mol. The summed E-state index contributed by atoms with van der Waals surface area (Å²) in [7, 11) is 1.54. The van der Waals surface area contributed by atoms with Crippen LogP contribution in [0.15, 0.2) is 54.6 Å². The fourth-order valence-electron chi connectivity index (χ4n) is 6.17. The van der Waals surface area contributed by atoms with Gasteiger partial charge in [0.1, 0.15) is 12.6 Å². The summed E-state index contributed by atoms with van der Waals surface area (Å²) in [5, 5.41) is 2.57. The van der Waals surface area contributed by atoms with Gasteiger partial charge in [-0.2, -0.15) is 0 Å². The Morgan fingerprint density at radius 1 is 0.909 bits per heavy atom. The van der Waals surface area contributed by atoms with E-state index in [0.717, 1.165) is 23.3 Å². The maximum atomic E-state index is 13.9. The molecule has 1 N–H and O–H groups in total. The van der Waals surface area contributed by atoms with Crippen LogP contribution in [-0.2, 0) is 22.6 Å². The number of hydrogen-bond donors (Lipinski definition) is 1. The second kappa shape index (κ2) is 13.0. The SMILES string of the molecule is COc1cc(C)c(C(=O)N2CC[C@H]3[C@H]2CCN3C(=O)[C@@H](Cc2cc(F)c(F)c(F)c2)NC(C)=O)cc1OCc1ccccc1. The van der Waals surface area contributed by atoms with Crippen molar-refractivity contribution >= 4 is 17.7 Å². The molecule has 5 rings (SSSR count). The van der Waals surface area contributed by atoms with Crippen LogP contribution in [-0.4, -0.2) is 65.8 Å². The van der Waals surface area contributed by atoms with E-state index in [-0.39, 0.29) is 30.0 Å². The molecular weight excluding hydrogens is 575 g/mol. The van der Waals surface area contributed by atoms with Gasteiger partial charge in [0, 0.05) is 32.0 Å². The van der Waals surface area contributed by atoms with Gasteiger partial charge < -0.3 is 24.6 Å². The van der Waals surface area contributed by atoms with Gasteiger partial charge in [0.2, 0.25) is 11.8 Å². The van der Waals surface area contributed by atoms with E-state index >= 15 is 0 Å². The van der Waals surface area contributed by atoms with Gasteiger partial charge in [-0.05, 0) is 60.7 Å². The van der Waals surface area contributed by atoms with Crippen LogP contribution in [0.5, 0.6) is 11.5 Å². The minimum Gasteiger partial charge on any atom is -0.493 e. The summed E-state index contributed by atoms with van der Waals surface area (Å²) in [5.41, 5.74) is 2.19. The first-order valence-corrected chi connectivity index (χ1v) is 14.4. The third kappa shape index (κ3) is 6.36. The molecule has 44 heavy (non-hydrogen) atoms. The van der Waals surface area contributed by atoms with E-state index in [1.807, 2.05) is 37.3 Å². The zero-order valence-corrected chi connectivity index (χ0v) is 24.7. The first-order chi connectivity index (χ1) is 21.1. The monoisotopic (exact) mass is 609 g/mol. The molecule has 0 spiro atoms. The highest BCUT2D eigenvalue weighted by molar-refractivity contribution is 5.97. The molecule has 0 aromatic heterocycles. The van der Waals surface area contributed by atoms with Crippen molar-refractivity contribution in [3.8, 4) is 11.5 Å². The lowest BCUT2D eigenvalue weighted by molar-refractivity contribution is -0.136. The summed E-state index contributed by atoms with van der Waals surface area (Å²) in [6.45, 7) is 4.12. The highest BCUT2D eigenvalue weighted by Crippen LogP contribution is 2.36. The molecule has 0 saturated carbocycles. The molecule has 11 heteroatoms. The minimum absolute atomic E-state index is 0.0349. The molecule has 2 heterocycles. The van der Waals surface area contributed by atoms with Crippen molar-refractivity contribution < 1.29 is 37.0 Å². The van der Waals surface area contributed by atoms with Gasteiger partial charge in [-0.3, -0.25) is 14.4 Å². The van der Waals surface area contributed by atoms with Gasteiger partial charge in [0.15, 0.2) is 29.0 Å². The van der Waals surface area contributed by atoms with Crippen molar-refractivity contribution in [2.24, 2.45) is 0 Å². The summed E-state index contributed by atoms with van der Waals surface area (Å²) < 4.78 is 52.7. The maximum Gasteiger partial charge on any atom is 0.254 e. The number of amides is 3. The number of hydrogen-bond acceptors (Lipinski definition) is 5. The summed E-state index contributed by atoms with van der Waals surface area (Å²) in [6.07, 6.45) is 0.836. The molecule has 2 fully saturated rings. The van der Waals surface area contributed by atoms with Crippen molar-refractivity contribution in [1.82, 2.24) is 15.1 Å². The zero-order chi connectivity index (χ0) is 31.5. The Kier molecular flexibility index (Phi) is 9.12.